The van der Waals surface area contributed by atoms with Crippen LogP contribution in [0.5, 0.6) is 0 Å². The summed E-state index contributed by atoms with van der Waals surface area (Å²) in [6.07, 6.45) is 3.57. The van der Waals surface area contributed by atoms with Gasteiger partial charge in [-0.1, -0.05) is 27.5 Å². The van der Waals surface area contributed by atoms with E-state index >= 15 is 0 Å². The first-order valence-electron chi connectivity index (χ1n) is 10.6. The highest BCUT2D eigenvalue weighted by Crippen LogP contribution is 2.37. The van der Waals surface area contributed by atoms with Crippen molar-refractivity contribution in [1.82, 2.24) is 9.47 Å². The third-order valence-electron chi connectivity index (χ3n) is 5.71. The molecule has 0 radical (unpaired) electrons. The van der Waals surface area contributed by atoms with E-state index in [1.54, 1.807) is 35.2 Å². The summed E-state index contributed by atoms with van der Waals surface area (Å²) in [7, 11) is 0. The van der Waals surface area contributed by atoms with E-state index in [1.165, 1.54) is 0 Å². The van der Waals surface area contributed by atoms with Gasteiger partial charge in [0.2, 0.25) is 5.91 Å². The number of carbonyl (C=O) groups is 3. The smallest absolute Gasteiger partial charge is 0.298 e. The Hall–Kier alpha value is -2.59. The van der Waals surface area contributed by atoms with Crippen LogP contribution in [0.15, 0.2) is 58.0 Å². The number of hydrogen-bond acceptors (Lipinski definition) is 5. The Kier molecular flexibility index (Phi) is 6.52. The molecule has 2 aliphatic rings. The highest BCUT2D eigenvalue weighted by atomic mass is 79.9. The van der Waals surface area contributed by atoms with Crippen LogP contribution >= 0.6 is 39.3 Å². The average molecular weight is 561 g/mol. The summed E-state index contributed by atoms with van der Waals surface area (Å²) in [4.78, 5) is 41.8. The van der Waals surface area contributed by atoms with E-state index in [9.17, 15) is 14.4 Å². The van der Waals surface area contributed by atoms with E-state index in [-0.39, 0.29) is 17.7 Å². The second kappa shape index (κ2) is 9.58. The second-order valence-electron chi connectivity index (χ2n) is 7.86. The van der Waals surface area contributed by atoms with Gasteiger partial charge in [-0.3, -0.25) is 14.4 Å². The third kappa shape index (κ3) is 4.53. The SMILES string of the molecule is O=C(Cn1cc(/C=C2\SC(=O)N(c3ccc(Cl)cc3)C2=O)c2cc(Br)ccc21)N1CCOCC1. The molecule has 5 rings (SSSR count). The lowest BCUT2D eigenvalue weighted by molar-refractivity contribution is -0.135. The Labute approximate surface area is 213 Å². The fourth-order valence-corrected chi connectivity index (χ4v) is 5.34. The Morgan fingerprint density at radius 1 is 1.12 bits per heavy atom. The summed E-state index contributed by atoms with van der Waals surface area (Å²) in [5, 5.41) is 1.03. The molecule has 3 aromatic rings. The van der Waals surface area contributed by atoms with E-state index in [0.29, 0.717) is 41.9 Å². The Morgan fingerprint density at radius 3 is 2.59 bits per heavy atom. The number of ether oxygens (including phenoxy) is 1. The summed E-state index contributed by atoms with van der Waals surface area (Å²) in [5.74, 6) is -0.379. The molecule has 7 nitrogen and oxygen atoms in total. The summed E-state index contributed by atoms with van der Waals surface area (Å²) >= 11 is 10.3. The van der Waals surface area contributed by atoms with Crippen molar-refractivity contribution in [1.29, 1.82) is 0 Å². The van der Waals surface area contributed by atoms with Crippen molar-refractivity contribution in [3.05, 3.63) is 68.6 Å². The molecule has 0 N–H and O–H groups in total. The summed E-state index contributed by atoms with van der Waals surface area (Å²) < 4.78 is 8.10. The van der Waals surface area contributed by atoms with Crippen molar-refractivity contribution in [3.63, 3.8) is 0 Å². The Morgan fingerprint density at radius 2 is 1.85 bits per heavy atom. The van der Waals surface area contributed by atoms with Crippen LogP contribution in [0.4, 0.5) is 10.5 Å². The highest BCUT2D eigenvalue weighted by Gasteiger charge is 2.36. The van der Waals surface area contributed by atoms with Gasteiger partial charge in [-0.2, -0.15) is 0 Å². The van der Waals surface area contributed by atoms with E-state index in [0.717, 1.165) is 37.6 Å². The number of hydrogen-bond donors (Lipinski definition) is 0. The predicted molar refractivity (Wildman–Crippen MR) is 137 cm³/mol. The fourth-order valence-electron chi connectivity index (χ4n) is 4.02. The maximum atomic E-state index is 13.1. The minimum absolute atomic E-state index is 0.0118. The van der Waals surface area contributed by atoms with Crippen molar-refractivity contribution in [2.75, 3.05) is 31.2 Å². The number of nitrogens with zero attached hydrogens (tertiary/aromatic N) is 3. The number of fused-ring (bicyclic) bond motifs is 1. The van der Waals surface area contributed by atoms with E-state index < -0.39 is 5.91 Å². The maximum Gasteiger partial charge on any atom is 0.298 e. The number of rotatable bonds is 4. The quantitative estimate of drug-likeness (QED) is 0.413. The zero-order valence-corrected chi connectivity index (χ0v) is 21.0. The van der Waals surface area contributed by atoms with Gasteiger partial charge in [-0.25, -0.2) is 4.90 Å². The van der Waals surface area contributed by atoms with Gasteiger partial charge in [-0.15, -0.1) is 0 Å². The number of benzene rings is 2. The summed E-state index contributed by atoms with van der Waals surface area (Å²) in [5.41, 5.74) is 2.09. The minimum Gasteiger partial charge on any atom is -0.378 e. The molecule has 2 saturated heterocycles. The molecule has 0 saturated carbocycles. The predicted octanol–water partition coefficient (Wildman–Crippen LogP) is 5.16. The molecule has 0 bridgehead atoms. The van der Waals surface area contributed by atoms with Crippen molar-refractivity contribution in [3.8, 4) is 0 Å². The summed E-state index contributed by atoms with van der Waals surface area (Å²) in [6, 6.07) is 12.4. The van der Waals surface area contributed by atoms with Crippen LogP contribution < -0.4 is 4.90 Å². The molecule has 3 heterocycles. The number of imide groups is 1. The number of aromatic nitrogens is 1. The molecule has 0 unspecified atom stereocenters. The van der Waals surface area contributed by atoms with Crippen molar-refractivity contribution < 1.29 is 19.1 Å². The monoisotopic (exact) mass is 559 g/mol. The number of carbonyl (C=O) groups excluding carboxylic acids is 3. The molecule has 2 fully saturated rings. The molecule has 2 aromatic carbocycles. The van der Waals surface area contributed by atoms with E-state index in [4.69, 9.17) is 16.3 Å². The van der Waals surface area contributed by atoms with Gasteiger partial charge in [0.05, 0.1) is 23.8 Å². The molecule has 1 aromatic heterocycles. The lowest BCUT2D eigenvalue weighted by atomic mass is 10.1. The molecular weight excluding hydrogens is 542 g/mol. The lowest BCUT2D eigenvalue weighted by Gasteiger charge is -2.27. The minimum atomic E-state index is -0.391. The van der Waals surface area contributed by atoms with Gasteiger partial charge in [0.1, 0.15) is 6.54 Å². The van der Waals surface area contributed by atoms with Crippen LogP contribution in [0.2, 0.25) is 5.02 Å². The van der Waals surface area contributed by atoms with Crippen molar-refractivity contribution in [2.24, 2.45) is 0 Å². The molecule has 0 atom stereocenters. The largest absolute Gasteiger partial charge is 0.378 e. The zero-order chi connectivity index (χ0) is 23.8. The van der Waals surface area contributed by atoms with Gasteiger partial charge in [0, 0.05) is 45.2 Å². The lowest BCUT2D eigenvalue weighted by Crippen LogP contribution is -2.42. The van der Waals surface area contributed by atoms with Crippen LogP contribution in [0.3, 0.4) is 0 Å². The number of halogens is 2. The van der Waals surface area contributed by atoms with E-state index in [2.05, 4.69) is 15.9 Å². The molecule has 0 spiro atoms. The van der Waals surface area contributed by atoms with Gasteiger partial charge < -0.3 is 14.2 Å². The highest BCUT2D eigenvalue weighted by molar-refractivity contribution is 9.10. The number of amides is 3. The molecule has 174 valence electrons. The molecule has 0 aliphatic carbocycles. The summed E-state index contributed by atoms with van der Waals surface area (Å²) in [6.45, 7) is 2.42. The van der Waals surface area contributed by atoms with Gasteiger partial charge in [-0.05, 0) is 60.3 Å². The maximum absolute atomic E-state index is 13.1. The standard InChI is InChI=1S/C24H19BrClN3O4S/c25-16-1-6-20-19(12-16)15(13-28(20)14-22(30)27-7-9-33-10-8-27)11-21-23(31)29(24(32)34-21)18-4-2-17(26)3-5-18/h1-6,11-13H,7-10,14H2/b21-11-. The number of thioether (sulfide) groups is 1. The molecule has 3 amide bonds. The van der Waals surface area contributed by atoms with Gasteiger partial charge in [0.15, 0.2) is 0 Å². The normalized spacial score (nSPS) is 17.9. The average Bonchev–Trinajstić information content (AvgIpc) is 3.30. The number of anilines is 1. The van der Waals surface area contributed by atoms with Crippen LogP contribution in [0, 0.1) is 0 Å². The topological polar surface area (TPSA) is 71.9 Å². The third-order valence-corrected chi connectivity index (χ3v) is 7.32. The van der Waals surface area contributed by atoms with Crippen molar-refractivity contribution in [2.45, 2.75) is 6.54 Å². The molecule has 2 aliphatic heterocycles. The molecule has 34 heavy (non-hydrogen) atoms. The molecular formula is C24H19BrClN3O4S. The second-order valence-corrected chi connectivity index (χ2v) is 10.2. The van der Waals surface area contributed by atoms with Crippen LogP contribution in [-0.4, -0.2) is 52.8 Å². The fraction of sp³-hybridized carbons (Fsp3) is 0.208. The zero-order valence-electron chi connectivity index (χ0n) is 17.9. The Balaban J connectivity index is 1.48. The van der Waals surface area contributed by atoms with Crippen LogP contribution in [0.25, 0.3) is 17.0 Å². The molecule has 10 heteroatoms. The van der Waals surface area contributed by atoms with Gasteiger partial charge in [0.25, 0.3) is 11.1 Å². The van der Waals surface area contributed by atoms with Crippen LogP contribution in [-0.2, 0) is 20.9 Å². The Bertz CT molecular complexity index is 1330. The first-order valence-corrected chi connectivity index (χ1v) is 12.6. The van der Waals surface area contributed by atoms with Crippen molar-refractivity contribution >= 4 is 79.0 Å². The first kappa shape index (κ1) is 23.2. The number of morpholine rings is 1. The van der Waals surface area contributed by atoms with Crippen LogP contribution in [0.1, 0.15) is 5.56 Å². The first-order chi connectivity index (χ1) is 16.4. The van der Waals surface area contributed by atoms with Gasteiger partial charge >= 0.3 is 0 Å². The van der Waals surface area contributed by atoms with E-state index in [1.807, 2.05) is 29.0 Å².